The van der Waals surface area contributed by atoms with Gasteiger partial charge >= 0.3 is 0 Å². The fourth-order valence-electron chi connectivity index (χ4n) is 4.03. The minimum atomic E-state index is -0.342. The summed E-state index contributed by atoms with van der Waals surface area (Å²) >= 11 is 0. The molecule has 1 N–H and O–H groups in total. The normalized spacial score (nSPS) is 14.8. The van der Waals surface area contributed by atoms with Gasteiger partial charge in [-0.05, 0) is 49.1 Å². The second-order valence-corrected chi connectivity index (χ2v) is 7.34. The van der Waals surface area contributed by atoms with Crippen molar-refractivity contribution >= 4 is 16.8 Å². The molecule has 0 saturated carbocycles. The number of carbonyl (C=O) groups is 1. The lowest BCUT2D eigenvalue weighted by Gasteiger charge is -2.13. The summed E-state index contributed by atoms with van der Waals surface area (Å²) in [4.78, 5) is 25.6. The molecule has 0 radical (unpaired) electrons. The van der Waals surface area contributed by atoms with Crippen molar-refractivity contribution in [2.75, 3.05) is 20.8 Å². The summed E-state index contributed by atoms with van der Waals surface area (Å²) in [5.41, 5.74) is 3.10. The number of aromatic nitrogens is 1. The van der Waals surface area contributed by atoms with Gasteiger partial charge in [0, 0.05) is 24.2 Å². The number of nitrogens with zero attached hydrogens (tertiary/aromatic N) is 1. The van der Waals surface area contributed by atoms with Crippen molar-refractivity contribution in [3.8, 4) is 11.5 Å². The maximum absolute atomic E-state index is 12.9. The fraction of sp³-hybridized carbons (Fsp3) is 0.304. The fourth-order valence-corrected chi connectivity index (χ4v) is 4.03. The van der Waals surface area contributed by atoms with Crippen molar-refractivity contribution in [3.05, 3.63) is 69.5 Å². The van der Waals surface area contributed by atoms with Gasteiger partial charge in [-0.2, -0.15) is 0 Å². The Kier molecular flexibility index (Phi) is 5.01. The van der Waals surface area contributed by atoms with Crippen LogP contribution in [0, 0.1) is 0 Å². The molecule has 6 nitrogen and oxygen atoms in total. The van der Waals surface area contributed by atoms with Crippen molar-refractivity contribution in [1.82, 2.24) is 9.88 Å². The topological polar surface area (TPSA) is 69.6 Å². The van der Waals surface area contributed by atoms with Crippen molar-refractivity contribution in [2.24, 2.45) is 0 Å². The summed E-state index contributed by atoms with van der Waals surface area (Å²) in [5.74, 6) is 0.971. The number of para-hydroxylation sites is 1. The molecule has 1 aromatic heterocycles. The average Bonchev–Trinajstić information content (AvgIpc) is 3.06. The molecule has 3 aromatic rings. The lowest BCUT2D eigenvalue weighted by Crippen LogP contribution is -2.31. The summed E-state index contributed by atoms with van der Waals surface area (Å²) in [6, 6.07) is 11.6. The second kappa shape index (κ2) is 7.62. The number of nitrogens with one attached hydrogen (secondary N) is 1. The van der Waals surface area contributed by atoms with Gasteiger partial charge in [0.2, 0.25) is 5.43 Å². The Morgan fingerprint density at radius 1 is 1.17 bits per heavy atom. The van der Waals surface area contributed by atoms with Crippen molar-refractivity contribution in [1.29, 1.82) is 0 Å². The van der Waals surface area contributed by atoms with Gasteiger partial charge in [-0.1, -0.05) is 18.2 Å². The van der Waals surface area contributed by atoms with Crippen LogP contribution >= 0.6 is 0 Å². The van der Waals surface area contributed by atoms with Crippen LogP contribution in [-0.4, -0.2) is 31.2 Å². The Morgan fingerprint density at radius 3 is 2.72 bits per heavy atom. The largest absolute Gasteiger partial charge is 0.493 e. The maximum atomic E-state index is 12.9. The number of methoxy groups -OCH3 is 2. The van der Waals surface area contributed by atoms with E-state index in [-0.39, 0.29) is 22.9 Å². The number of hydrogen-bond acceptors (Lipinski definition) is 4. The SMILES string of the molecule is COc1ccc(CCNC(=O)c2cn3c4c(cccc4c2=O)C[C@@H]3C)cc1OC. The third-order valence-electron chi connectivity index (χ3n) is 5.52. The van der Waals surface area contributed by atoms with Crippen LogP contribution in [0.5, 0.6) is 11.5 Å². The van der Waals surface area contributed by atoms with Crippen LogP contribution in [0.4, 0.5) is 0 Å². The van der Waals surface area contributed by atoms with Gasteiger partial charge in [-0.25, -0.2) is 0 Å². The first-order chi connectivity index (χ1) is 14.0. The first-order valence-corrected chi connectivity index (χ1v) is 9.69. The number of benzene rings is 2. The molecule has 1 aliphatic rings. The first-order valence-electron chi connectivity index (χ1n) is 9.69. The van der Waals surface area contributed by atoms with Crippen LogP contribution in [-0.2, 0) is 12.8 Å². The third-order valence-corrected chi connectivity index (χ3v) is 5.52. The summed E-state index contributed by atoms with van der Waals surface area (Å²) < 4.78 is 12.6. The smallest absolute Gasteiger partial charge is 0.256 e. The monoisotopic (exact) mass is 392 g/mol. The Hall–Kier alpha value is -3.28. The molecule has 4 rings (SSSR count). The highest BCUT2D eigenvalue weighted by molar-refractivity contribution is 5.98. The molecule has 1 atom stereocenters. The van der Waals surface area contributed by atoms with E-state index in [0.717, 1.165) is 23.1 Å². The number of pyridine rings is 1. The van der Waals surface area contributed by atoms with E-state index in [2.05, 4.69) is 16.8 Å². The van der Waals surface area contributed by atoms with Gasteiger partial charge in [-0.15, -0.1) is 0 Å². The predicted molar refractivity (Wildman–Crippen MR) is 112 cm³/mol. The van der Waals surface area contributed by atoms with Crippen LogP contribution in [0.15, 0.2) is 47.4 Å². The Bertz CT molecular complexity index is 1150. The number of ether oxygens (including phenoxy) is 2. The molecule has 2 heterocycles. The lowest BCUT2D eigenvalue weighted by molar-refractivity contribution is 0.0952. The van der Waals surface area contributed by atoms with Gasteiger partial charge in [0.25, 0.3) is 5.91 Å². The number of carbonyl (C=O) groups excluding carboxylic acids is 1. The Morgan fingerprint density at radius 2 is 1.97 bits per heavy atom. The Labute approximate surface area is 169 Å². The van der Waals surface area contributed by atoms with Crippen molar-refractivity contribution in [2.45, 2.75) is 25.8 Å². The Balaban J connectivity index is 1.52. The predicted octanol–water partition coefficient (Wildman–Crippen LogP) is 3.11. The lowest BCUT2D eigenvalue weighted by atomic mass is 10.1. The van der Waals surface area contributed by atoms with Crippen LogP contribution in [0.25, 0.3) is 10.9 Å². The molecule has 1 aliphatic heterocycles. The zero-order valence-corrected chi connectivity index (χ0v) is 16.8. The molecule has 0 fully saturated rings. The molecule has 29 heavy (non-hydrogen) atoms. The molecule has 0 aliphatic carbocycles. The van der Waals surface area contributed by atoms with Crippen LogP contribution in [0.3, 0.4) is 0 Å². The summed E-state index contributed by atoms with van der Waals surface area (Å²) in [7, 11) is 3.18. The minimum Gasteiger partial charge on any atom is -0.493 e. The van der Waals surface area contributed by atoms with E-state index in [9.17, 15) is 9.59 Å². The van der Waals surface area contributed by atoms with Crippen LogP contribution in [0.1, 0.15) is 34.5 Å². The highest BCUT2D eigenvalue weighted by Gasteiger charge is 2.24. The highest BCUT2D eigenvalue weighted by Crippen LogP contribution is 2.31. The zero-order chi connectivity index (χ0) is 20.5. The highest BCUT2D eigenvalue weighted by atomic mass is 16.5. The summed E-state index contributed by atoms with van der Waals surface area (Å²) in [6.45, 7) is 2.52. The van der Waals surface area contributed by atoms with Crippen molar-refractivity contribution in [3.63, 3.8) is 0 Å². The molecule has 1 amide bonds. The van der Waals surface area contributed by atoms with E-state index in [0.29, 0.717) is 29.9 Å². The molecule has 0 bridgehead atoms. The van der Waals surface area contributed by atoms with Gasteiger partial charge in [-0.3, -0.25) is 9.59 Å². The van der Waals surface area contributed by atoms with E-state index < -0.39 is 0 Å². The van der Waals surface area contributed by atoms with E-state index >= 15 is 0 Å². The summed E-state index contributed by atoms with van der Waals surface area (Å²) in [5, 5.41) is 3.49. The molecule has 150 valence electrons. The number of rotatable bonds is 6. The zero-order valence-electron chi connectivity index (χ0n) is 16.8. The van der Waals surface area contributed by atoms with Gasteiger partial charge < -0.3 is 19.4 Å². The average molecular weight is 392 g/mol. The number of amides is 1. The quantitative estimate of drug-likeness (QED) is 0.700. The standard InChI is InChI=1S/C23H24N2O4/c1-14-11-16-5-4-6-17-21(16)25(14)13-18(22(17)26)23(27)24-10-9-15-7-8-19(28-2)20(12-15)29-3/h4-8,12-14H,9-11H2,1-3H3,(H,24,27)/t14-/m0/s1. The molecular weight excluding hydrogens is 368 g/mol. The molecule has 2 aromatic carbocycles. The van der Waals surface area contributed by atoms with E-state index in [1.165, 1.54) is 0 Å². The maximum Gasteiger partial charge on any atom is 0.256 e. The molecule has 0 saturated heterocycles. The van der Waals surface area contributed by atoms with Gasteiger partial charge in [0.05, 0.1) is 19.7 Å². The van der Waals surface area contributed by atoms with Crippen LogP contribution in [0.2, 0.25) is 0 Å². The first kappa shape index (κ1) is 19.1. The van der Waals surface area contributed by atoms with Gasteiger partial charge in [0.1, 0.15) is 5.56 Å². The molecule has 0 unspecified atom stereocenters. The minimum absolute atomic E-state index is 0.190. The van der Waals surface area contributed by atoms with E-state index in [1.807, 2.05) is 30.3 Å². The van der Waals surface area contributed by atoms with Crippen molar-refractivity contribution < 1.29 is 14.3 Å². The molecule has 6 heteroatoms. The molecule has 0 spiro atoms. The van der Waals surface area contributed by atoms with Gasteiger partial charge in [0.15, 0.2) is 11.5 Å². The third kappa shape index (κ3) is 3.35. The van der Waals surface area contributed by atoms with E-state index in [4.69, 9.17) is 9.47 Å². The van der Waals surface area contributed by atoms with E-state index in [1.54, 1.807) is 26.5 Å². The molecular formula is C23H24N2O4. The second-order valence-electron chi connectivity index (χ2n) is 7.34. The summed E-state index contributed by atoms with van der Waals surface area (Å²) in [6.07, 6.45) is 3.20. The van der Waals surface area contributed by atoms with Crippen LogP contribution < -0.4 is 20.2 Å². The number of hydrogen-bond donors (Lipinski definition) is 1.